The molecular formula is C26H24N2O5. The Morgan fingerprint density at radius 1 is 0.909 bits per heavy atom. The van der Waals surface area contributed by atoms with Gasteiger partial charge in [-0.25, -0.2) is 0 Å². The van der Waals surface area contributed by atoms with E-state index < -0.39 is 29.9 Å². The molecule has 7 heteroatoms. The number of nitrogens with one attached hydrogen (secondary N) is 1. The number of aliphatic hydroxyl groups is 1. The molecular weight excluding hydrogens is 420 g/mol. The van der Waals surface area contributed by atoms with Gasteiger partial charge in [0.05, 0.1) is 24.3 Å². The van der Waals surface area contributed by atoms with Crippen molar-refractivity contribution < 1.29 is 24.2 Å². The average Bonchev–Trinajstić information content (AvgIpc) is 3.11. The van der Waals surface area contributed by atoms with Gasteiger partial charge in [0, 0.05) is 13.0 Å². The number of ether oxygens (including phenoxy) is 1. The van der Waals surface area contributed by atoms with E-state index >= 15 is 0 Å². The number of hydrogen-bond donors (Lipinski definition) is 2. The zero-order chi connectivity index (χ0) is 23.4. The molecule has 7 nitrogen and oxygen atoms in total. The first-order chi connectivity index (χ1) is 16.0. The summed E-state index contributed by atoms with van der Waals surface area (Å²) in [7, 11) is 1.55. The molecule has 2 atom stereocenters. The molecule has 1 aliphatic heterocycles. The van der Waals surface area contributed by atoms with E-state index in [-0.39, 0.29) is 24.1 Å². The van der Waals surface area contributed by atoms with Gasteiger partial charge in [0.25, 0.3) is 11.8 Å². The van der Waals surface area contributed by atoms with Crippen LogP contribution in [0.5, 0.6) is 5.75 Å². The molecule has 3 aromatic rings. The normalized spacial score (nSPS) is 14.5. The second kappa shape index (κ2) is 9.67. The minimum atomic E-state index is -1.05. The van der Waals surface area contributed by atoms with Crippen LogP contribution in [-0.2, 0) is 11.2 Å². The predicted molar refractivity (Wildman–Crippen MR) is 122 cm³/mol. The van der Waals surface area contributed by atoms with E-state index in [9.17, 15) is 19.5 Å². The van der Waals surface area contributed by atoms with E-state index in [0.717, 1.165) is 10.5 Å². The lowest BCUT2D eigenvalue weighted by molar-refractivity contribution is -0.125. The minimum Gasteiger partial charge on any atom is -0.497 e. The first-order valence-corrected chi connectivity index (χ1v) is 10.6. The number of rotatable bonds is 8. The molecule has 0 saturated heterocycles. The van der Waals surface area contributed by atoms with E-state index in [1.807, 2.05) is 30.3 Å². The average molecular weight is 444 g/mol. The molecule has 0 fully saturated rings. The molecule has 0 spiro atoms. The van der Waals surface area contributed by atoms with Crippen LogP contribution in [-0.4, -0.2) is 47.4 Å². The summed E-state index contributed by atoms with van der Waals surface area (Å²) < 4.78 is 5.12. The van der Waals surface area contributed by atoms with Crippen LogP contribution in [0, 0.1) is 0 Å². The SMILES string of the molecule is COc1ccc([C@@H](O)CNC(=O)[C@H](Cc2ccccc2)N2C(=O)c3ccccc3C2=O)cc1. The van der Waals surface area contributed by atoms with E-state index in [2.05, 4.69) is 5.32 Å². The van der Waals surface area contributed by atoms with Gasteiger partial charge in [-0.15, -0.1) is 0 Å². The van der Waals surface area contributed by atoms with E-state index in [1.165, 1.54) is 0 Å². The molecule has 1 heterocycles. The third-order valence-corrected chi connectivity index (χ3v) is 5.68. The van der Waals surface area contributed by atoms with Gasteiger partial charge < -0.3 is 15.2 Å². The predicted octanol–water partition coefficient (Wildman–Crippen LogP) is 2.75. The van der Waals surface area contributed by atoms with Crippen LogP contribution in [0.4, 0.5) is 0 Å². The number of benzene rings is 3. The van der Waals surface area contributed by atoms with Crippen LogP contribution < -0.4 is 10.1 Å². The van der Waals surface area contributed by atoms with Crippen LogP contribution in [0.3, 0.4) is 0 Å². The van der Waals surface area contributed by atoms with Crippen molar-refractivity contribution in [2.45, 2.75) is 18.6 Å². The number of carbonyl (C=O) groups is 3. The third kappa shape index (κ3) is 4.63. The van der Waals surface area contributed by atoms with Crippen LogP contribution in [0.15, 0.2) is 78.9 Å². The first kappa shape index (κ1) is 22.2. The fraction of sp³-hybridized carbons (Fsp3) is 0.192. The molecule has 33 heavy (non-hydrogen) atoms. The van der Waals surface area contributed by atoms with Crippen molar-refractivity contribution in [3.8, 4) is 5.75 Å². The zero-order valence-electron chi connectivity index (χ0n) is 18.1. The summed E-state index contributed by atoms with van der Waals surface area (Å²) >= 11 is 0. The molecule has 0 saturated carbocycles. The fourth-order valence-corrected chi connectivity index (χ4v) is 3.89. The maximum absolute atomic E-state index is 13.2. The highest BCUT2D eigenvalue weighted by Gasteiger charge is 2.42. The summed E-state index contributed by atoms with van der Waals surface area (Å²) in [5, 5.41) is 13.2. The summed E-state index contributed by atoms with van der Waals surface area (Å²) in [5.41, 5.74) is 1.99. The molecule has 3 aromatic carbocycles. The van der Waals surface area contributed by atoms with Crippen LogP contribution in [0.1, 0.15) is 37.9 Å². The third-order valence-electron chi connectivity index (χ3n) is 5.68. The highest BCUT2D eigenvalue weighted by molar-refractivity contribution is 6.22. The van der Waals surface area contributed by atoms with E-state index in [0.29, 0.717) is 11.3 Å². The van der Waals surface area contributed by atoms with Crippen molar-refractivity contribution in [3.05, 3.63) is 101 Å². The van der Waals surface area contributed by atoms with Crippen LogP contribution >= 0.6 is 0 Å². The van der Waals surface area contributed by atoms with Gasteiger partial charge in [0.15, 0.2) is 0 Å². The fourth-order valence-electron chi connectivity index (χ4n) is 3.89. The van der Waals surface area contributed by atoms with E-state index in [1.54, 1.807) is 55.6 Å². The highest BCUT2D eigenvalue weighted by atomic mass is 16.5. The van der Waals surface area contributed by atoms with Gasteiger partial charge in [-0.05, 0) is 35.4 Å². The number of fused-ring (bicyclic) bond motifs is 1. The second-order valence-corrected chi connectivity index (χ2v) is 7.77. The Labute approximate surface area is 191 Å². The summed E-state index contributed by atoms with van der Waals surface area (Å²) in [6.07, 6.45) is -0.795. The van der Waals surface area contributed by atoms with Crippen LogP contribution in [0.2, 0.25) is 0 Å². The van der Waals surface area contributed by atoms with Crippen molar-refractivity contribution in [2.24, 2.45) is 0 Å². The largest absolute Gasteiger partial charge is 0.497 e. The number of amides is 3. The Kier molecular flexibility index (Phi) is 6.51. The molecule has 2 N–H and O–H groups in total. The zero-order valence-corrected chi connectivity index (χ0v) is 18.1. The van der Waals surface area contributed by atoms with Crippen molar-refractivity contribution in [2.75, 3.05) is 13.7 Å². The van der Waals surface area contributed by atoms with Gasteiger partial charge in [0.2, 0.25) is 5.91 Å². The summed E-state index contributed by atoms with van der Waals surface area (Å²) in [5.74, 6) is -0.853. The monoisotopic (exact) mass is 444 g/mol. The molecule has 3 amide bonds. The molecule has 0 unspecified atom stereocenters. The number of methoxy groups -OCH3 is 1. The maximum Gasteiger partial charge on any atom is 0.262 e. The van der Waals surface area contributed by atoms with Gasteiger partial charge in [-0.3, -0.25) is 19.3 Å². The van der Waals surface area contributed by atoms with E-state index in [4.69, 9.17) is 4.74 Å². The summed E-state index contributed by atoms with van der Waals surface area (Å²) in [6.45, 7) is -0.0698. The number of nitrogens with zero attached hydrogens (tertiary/aromatic N) is 1. The van der Waals surface area contributed by atoms with Gasteiger partial charge in [-0.1, -0.05) is 54.6 Å². The molecule has 168 valence electrons. The number of hydrogen-bond acceptors (Lipinski definition) is 5. The van der Waals surface area contributed by atoms with Crippen molar-refractivity contribution >= 4 is 17.7 Å². The van der Waals surface area contributed by atoms with Crippen molar-refractivity contribution in [1.29, 1.82) is 0 Å². The smallest absolute Gasteiger partial charge is 0.262 e. The molecule has 0 radical (unpaired) electrons. The molecule has 0 aromatic heterocycles. The Hall–Kier alpha value is -3.97. The quantitative estimate of drug-likeness (QED) is 0.521. The Balaban J connectivity index is 1.54. The lowest BCUT2D eigenvalue weighted by Crippen LogP contribution is -2.51. The van der Waals surface area contributed by atoms with Crippen molar-refractivity contribution in [3.63, 3.8) is 0 Å². The van der Waals surface area contributed by atoms with Gasteiger partial charge >= 0.3 is 0 Å². The Bertz CT molecular complexity index is 1130. The molecule has 0 aliphatic carbocycles. The number of carbonyl (C=O) groups excluding carboxylic acids is 3. The Morgan fingerprint density at radius 3 is 2.06 bits per heavy atom. The standard InChI is InChI=1S/C26H24N2O5/c1-33-19-13-11-18(12-14-19)23(29)16-27-24(30)22(15-17-7-3-2-4-8-17)28-25(31)20-9-5-6-10-21(20)26(28)32/h2-14,22-23,29H,15-16H2,1H3,(H,27,30)/t22-,23-/m0/s1. The molecule has 1 aliphatic rings. The minimum absolute atomic E-state index is 0.0698. The topological polar surface area (TPSA) is 95.9 Å². The maximum atomic E-state index is 13.2. The molecule has 4 rings (SSSR count). The van der Waals surface area contributed by atoms with Gasteiger partial charge in [0.1, 0.15) is 11.8 Å². The first-order valence-electron chi connectivity index (χ1n) is 10.6. The highest BCUT2D eigenvalue weighted by Crippen LogP contribution is 2.26. The molecule has 0 bridgehead atoms. The van der Waals surface area contributed by atoms with Crippen LogP contribution in [0.25, 0.3) is 0 Å². The van der Waals surface area contributed by atoms with Gasteiger partial charge in [-0.2, -0.15) is 0 Å². The van der Waals surface area contributed by atoms with Crippen molar-refractivity contribution in [1.82, 2.24) is 10.2 Å². The number of imide groups is 1. The summed E-state index contributed by atoms with van der Waals surface area (Å²) in [6, 6.07) is 21.5. The second-order valence-electron chi connectivity index (χ2n) is 7.77. The number of aliphatic hydroxyl groups excluding tert-OH is 1. The Morgan fingerprint density at radius 2 is 1.48 bits per heavy atom. The lowest BCUT2D eigenvalue weighted by Gasteiger charge is -2.26. The summed E-state index contributed by atoms with van der Waals surface area (Å²) in [4.78, 5) is 40.3. The lowest BCUT2D eigenvalue weighted by atomic mass is 10.0.